The number of carbonyl (C=O) groups is 2. The number of pyridine rings is 1. The fourth-order valence-corrected chi connectivity index (χ4v) is 2.81. The largest absolute Gasteiger partial charge is 0.494 e. The Bertz CT molecular complexity index is 762. The highest BCUT2D eigenvalue weighted by molar-refractivity contribution is 6.30. The first-order chi connectivity index (χ1) is 12.1. The predicted octanol–water partition coefficient (Wildman–Crippen LogP) is 3.13. The molecule has 0 bridgehead atoms. The van der Waals surface area contributed by atoms with Crippen LogP contribution in [0.15, 0.2) is 42.6 Å². The molecule has 1 N–H and O–H groups in total. The second kappa shape index (κ2) is 7.53. The van der Waals surface area contributed by atoms with E-state index in [1.54, 1.807) is 17.0 Å². The van der Waals surface area contributed by atoms with E-state index in [-0.39, 0.29) is 18.2 Å². The minimum atomic E-state index is -0.420. The zero-order chi connectivity index (χ0) is 17.8. The minimum Gasteiger partial charge on any atom is -0.494 e. The van der Waals surface area contributed by atoms with Gasteiger partial charge in [0.15, 0.2) is 0 Å². The second-order valence-corrected chi connectivity index (χ2v) is 6.12. The zero-order valence-corrected chi connectivity index (χ0v) is 14.5. The molecule has 0 unspecified atom stereocenters. The molecule has 1 aliphatic heterocycles. The maximum atomic E-state index is 12.4. The van der Waals surface area contributed by atoms with Crippen LogP contribution >= 0.6 is 11.6 Å². The number of amides is 2. The molecule has 0 saturated carbocycles. The third-order valence-corrected chi connectivity index (χ3v) is 4.16. The molecule has 1 atom stereocenters. The first-order valence-corrected chi connectivity index (χ1v) is 8.40. The van der Waals surface area contributed by atoms with Gasteiger partial charge in [-0.2, -0.15) is 0 Å². The molecule has 3 rings (SSSR count). The van der Waals surface area contributed by atoms with Crippen molar-refractivity contribution >= 4 is 34.9 Å². The third kappa shape index (κ3) is 4.09. The maximum Gasteiger partial charge on any atom is 0.230 e. The molecule has 1 aromatic carbocycles. The van der Waals surface area contributed by atoms with E-state index >= 15 is 0 Å². The van der Waals surface area contributed by atoms with Gasteiger partial charge in [-0.05, 0) is 43.3 Å². The van der Waals surface area contributed by atoms with Crippen LogP contribution in [0, 0.1) is 5.92 Å². The van der Waals surface area contributed by atoms with Gasteiger partial charge in [-0.1, -0.05) is 11.6 Å². The summed E-state index contributed by atoms with van der Waals surface area (Å²) in [7, 11) is 0. The van der Waals surface area contributed by atoms with Gasteiger partial charge >= 0.3 is 0 Å². The lowest BCUT2D eigenvalue weighted by Crippen LogP contribution is -2.28. The lowest BCUT2D eigenvalue weighted by Gasteiger charge is -2.17. The normalized spacial score (nSPS) is 16.8. The minimum absolute atomic E-state index is 0.0756. The van der Waals surface area contributed by atoms with Crippen LogP contribution in [0.4, 0.5) is 11.5 Å². The maximum absolute atomic E-state index is 12.4. The Hall–Kier alpha value is -2.60. The Morgan fingerprint density at radius 3 is 2.72 bits per heavy atom. The van der Waals surface area contributed by atoms with Gasteiger partial charge in [-0.25, -0.2) is 4.98 Å². The topological polar surface area (TPSA) is 71.5 Å². The van der Waals surface area contributed by atoms with Gasteiger partial charge in [-0.3, -0.25) is 9.59 Å². The summed E-state index contributed by atoms with van der Waals surface area (Å²) < 4.78 is 5.40. The summed E-state index contributed by atoms with van der Waals surface area (Å²) in [6.07, 6.45) is 1.63. The van der Waals surface area contributed by atoms with Crippen LogP contribution in [0.3, 0.4) is 0 Å². The van der Waals surface area contributed by atoms with Crippen LogP contribution in [0.1, 0.15) is 13.3 Å². The van der Waals surface area contributed by atoms with E-state index in [2.05, 4.69) is 10.3 Å². The van der Waals surface area contributed by atoms with Crippen LogP contribution in [-0.4, -0.2) is 29.9 Å². The number of benzene rings is 1. The van der Waals surface area contributed by atoms with Crippen molar-refractivity contribution in [2.24, 2.45) is 5.92 Å². The van der Waals surface area contributed by atoms with Crippen molar-refractivity contribution in [3.63, 3.8) is 0 Å². The highest BCUT2D eigenvalue weighted by Crippen LogP contribution is 2.27. The number of ether oxygens (including phenoxy) is 1. The first kappa shape index (κ1) is 17.2. The van der Waals surface area contributed by atoms with Gasteiger partial charge in [0, 0.05) is 24.8 Å². The van der Waals surface area contributed by atoms with Crippen molar-refractivity contribution in [3.05, 3.63) is 47.6 Å². The molecule has 130 valence electrons. The first-order valence-electron chi connectivity index (χ1n) is 8.02. The van der Waals surface area contributed by atoms with Gasteiger partial charge in [0.25, 0.3) is 0 Å². The average Bonchev–Trinajstić information content (AvgIpc) is 3.00. The molecular formula is C18H18ClN3O3. The van der Waals surface area contributed by atoms with E-state index < -0.39 is 5.92 Å². The number of hydrogen-bond donors (Lipinski definition) is 1. The number of carbonyl (C=O) groups excluding carboxylic acids is 2. The van der Waals surface area contributed by atoms with Crippen molar-refractivity contribution in [1.82, 2.24) is 4.98 Å². The summed E-state index contributed by atoms with van der Waals surface area (Å²) in [5.74, 6) is 0.448. The van der Waals surface area contributed by atoms with Crippen LogP contribution in [0.5, 0.6) is 5.75 Å². The average molecular weight is 360 g/mol. The van der Waals surface area contributed by atoms with E-state index in [0.717, 1.165) is 11.4 Å². The van der Waals surface area contributed by atoms with Crippen LogP contribution < -0.4 is 15.0 Å². The van der Waals surface area contributed by atoms with Gasteiger partial charge in [0.1, 0.15) is 11.6 Å². The number of nitrogens with one attached hydrogen (secondary N) is 1. The Balaban J connectivity index is 1.65. The SMILES string of the molecule is CCOc1ccc(N2C[C@@H](C(=O)Nc3ccc(Cl)cn3)CC2=O)cc1. The van der Waals surface area contributed by atoms with Gasteiger partial charge in [0.05, 0.1) is 17.5 Å². The van der Waals surface area contributed by atoms with Gasteiger partial charge in [-0.15, -0.1) is 0 Å². The molecule has 2 heterocycles. The van der Waals surface area contributed by atoms with Gasteiger partial charge < -0.3 is 15.0 Å². The van der Waals surface area contributed by atoms with Crippen LogP contribution in [0.2, 0.25) is 5.02 Å². The number of halogens is 1. The van der Waals surface area contributed by atoms with E-state index in [0.29, 0.717) is 24.0 Å². The summed E-state index contributed by atoms with van der Waals surface area (Å²) in [4.78, 5) is 30.3. The molecule has 25 heavy (non-hydrogen) atoms. The van der Waals surface area contributed by atoms with Crippen LogP contribution in [0.25, 0.3) is 0 Å². The van der Waals surface area contributed by atoms with E-state index in [9.17, 15) is 9.59 Å². The van der Waals surface area contributed by atoms with Crippen molar-refractivity contribution in [2.75, 3.05) is 23.4 Å². The number of anilines is 2. The van der Waals surface area contributed by atoms with E-state index in [1.807, 2.05) is 31.2 Å². The molecule has 6 nitrogen and oxygen atoms in total. The molecule has 1 saturated heterocycles. The van der Waals surface area contributed by atoms with Gasteiger partial charge in [0.2, 0.25) is 11.8 Å². The molecule has 1 aliphatic rings. The van der Waals surface area contributed by atoms with Crippen molar-refractivity contribution < 1.29 is 14.3 Å². The molecule has 1 fully saturated rings. The second-order valence-electron chi connectivity index (χ2n) is 5.68. The number of rotatable bonds is 5. The highest BCUT2D eigenvalue weighted by Gasteiger charge is 2.35. The Labute approximate surface area is 150 Å². The van der Waals surface area contributed by atoms with E-state index in [4.69, 9.17) is 16.3 Å². The molecule has 2 amide bonds. The predicted molar refractivity (Wildman–Crippen MR) is 95.9 cm³/mol. The molecule has 0 radical (unpaired) electrons. The van der Waals surface area contributed by atoms with Crippen molar-refractivity contribution in [2.45, 2.75) is 13.3 Å². The Kier molecular flexibility index (Phi) is 5.19. The summed E-state index contributed by atoms with van der Waals surface area (Å²) in [6.45, 7) is 2.84. The molecule has 0 aliphatic carbocycles. The summed E-state index contributed by atoms with van der Waals surface area (Å²) >= 11 is 5.78. The fraction of sp³-hybridized carbons (Fsp3) is 0.278. The van der Waals surface area contributed by atoms with Crippen LogP contribution in [-0.2, 0) is 9.59 Å². The molecular weight excluding hydrogens is 342 g/mol. The van der Waals surface area contributed by atoms with E-state index in [1.165, 1.54) is 6.20 Å². The smallest absolute Gasteiger partial charge is 0.230 e. The highest BCUT2D eigenvalue weighted by atomic mass is 35.5. The quantitative estimate of drug-likeness (QED) is 0.890. The zero-order valence-electron chi connectivity index (χ0n) is 13.7. The third-order valence-electron chi connectivity index (χ3n) is 3.93. The summed E-state index contributed by atoms with van der Waals surface area (Å²) in [6, 6.07) is 10.6. The lowest BCUT2D eigenvalue weighted by molar-refractivity contribution is -0.122. The van der Waals surface area contributed by atoms with Crippen molar-refractivity contribution in [3.8, 4) is 5.75 Å². The molecule has 1 aromatic heterocycles. The monoisotopic (exact) mass is 359 g/mol. The number of hydrogen-bond acceptors (Lipinski definition) is 4. The standard InChI is InChI=1S/C18H18ClN3O3/c1-2-25-15-6-4-14(5-7-15)22-11-12(9-17(22)23)18(24)21-16-8-3-13(19)10-20-16/h3-8,10,12H,2,9,11H2,1H3,(H,20,21,24)/t12-/m0/s1. The fourth-order valence-electron chi connectivity index (χ4n) is 2.70. The summed E-state index contributed by atoms with van der Waals surface area (Å²) in [5.41, 5.74) is 0.758. The molecule has 0 spiro atoms. The molecule has 2 aromatic rings. The Morgan fingerprint density at radius 1 is 1.32 bits per heavy atom. The molecule has 7 heteroatoms. The number of aromatic nitrogens is 1. The number of nitrogens with zero attached hydrogens (tertiary/aromatic N) is 2. The Morgan fingerprint density at radius 2 is 2.08 bits per heavy atom. The summed E-state index contributed by atoms with van der Waals surface area (Å²) in [5, 5.41) is 3.22. The van der Waals surface area contributed by atoms with Crippen molar-refractivity contribution in [1.29, 1.82) is 0 Å². The lowest BCUT2D eigenvalue weighted by atomic mass is 10.1.